The molecule has 1 N–H and O–H groups in total. The van der Waals surface area contributed by atoms with Crippen LogP contribution in [0.15, 0.2) is 12.3 Å². The molecule has 1 heteroatoms. The van der Waals surface area contributed by atoms with Gasteiger partial charge in [0.2, 0.25) is 0 Å². The predicted molar refractivity (Wildman–Crippen MR) is 33.1 cm³/mol. The standard InChI is InChI=1S/C7H10N/c1-2-7(3-1)4-5-8-6-7/h2,4-5,8H,1,3,6H2. The van der Waals surface area contributed by atoms with Crippen molar-refractivity contribution in [2.45, 2.75) is 12.8 Å². The van der Waals surface area contributed by atoms with Crippen LogP contribution in [0.4, 0.5) is 0 Å². The van der Waals surface area contributed by atoms with Gasteiger partial charge in [-0.05, 0) is 25.5 Å². The molecule has 1 radical (unpaired) electrons. The highest BCUT2D eigenvalue weighted by Gasteiger charge is 2.36. The smallest absolute Gasteiger partial charge is 0.0236 e. The Labute approximate surface area is 49.8 Å². The fourth-order valence-corrected chi connectivity index (χ4v) is 1.36. The molecule has 1 heterocycles. The van der Waals surface area contributed by atoms with E-state index >= 15 is 0 Å². The first-order chi connectivity index (χ1) is 3.91. The topological polar surface area (TPSA) is 12.0 Å². The summed E-state index contributed by atoms with van der Waals surface area (Å²) in [7, 11) is 0. The van der Waals surface area contributed by atoms with E-state index in [0.29, 0.717) is 5.41 Å². The zero-order valence-electron chi connectivity index (χ0n) is 4.85. The molecule has 8 heavy (non-hydrogen) atoms. The molecule has 1 unspecified atom stereocenters. The number of hydrogen-bond acceptors (Lipinski definition) is 1. The van der Waals surface area contributed by atoms with Crippen molar-refractivity contribution in [3.63, 3.8) is 0 Å². The van der Waals surface area contributed by atoms with E-state index in [4.69, 9.17) is 0 Å². The summed E-state index contributed by atoms with van der Waals surface area (Å²) in [5.41, 5.74) is 0.500. The number of rotatable bonds is 0. The molecule has 1 fully saturated rings. The summed E-state index contributed by atoms with van der Waals surface area (Å²) < 4.78 is 0. The van der Waals surface area contributed by atoms with Gasteiger partial charge in [-0.25, -0.2) is 0 Å². The molecule has 1 spiro atoms. The number of hydrogen-bond donors (Lipinski definition) is 1. The molecule has 0 bridgehead atoms. The molecule has 0 aromatic rings. The first-order valence-corrected chi connectivity index (χ1v) is 3.17. The van der Waals surface area contributed by atoms with Crippen LogP contribution in [0.5, 0.6) is 0 Å². The third kappa shape index (κ3) is 0.417. The third-order valence-corrected chi connectivity index (χ3v) is 2.12. The molecule has 43 valence electrons. The summed E-state index contributed by atoms with van der Waals surface area (Å²) in [6, 6.07) is 0. The van der Waals surface area contributed by atoms with Gasteiger partial charge in [-0.15, -0.1) is 0 Å². The average molecular weight is 108 g/mol. The zero-order valence-corrected chi connectivity index (χ0v) is 4.85. The van der Waals surface area contributed by atoms with E-state index < -0.39 is 0 Å². The van der Waals surface area contributed by atoms with Gasteiger partial charge in [0.05, 0.1) is 0 Å². The molecular weight excluding hydrogens is 98.1 g/mol. The normalized spacial score (nSPS) is 30.0. The van der Waals surface area contributed by atoms with E-state index in [0.717, 1.165) is 6.54 Å². The molecular formula is C7H10N. The van der Waals surface area contributed by atoms with Gasteiger partial charge in [0.25, 0.3) is 0 Å². The van der Waals surface area contributed by atoms with Gasteiger partial charge in [0.1, 0.15) is 0 Å². The maximum Gasteiger partial charge on any atom is 0.0236 e. The minimum atomic E-state index is 0.500. The Morgan fingerprint density at radius 3 is 2.62 bits per heavy atom. The van der Waals surface area contributed by atoms with E-state index in [1.165, 1.54) is 12.8 Å². The van der Waals surface area contributed by atoms with Crippen molar-refractivity contribution in [3.8, 4) is 0 Å². The third-order valence-electron chi connectivity index (χ3n) is 2.12. The van der Waals surface area contributed by atoms with Crippen LogP contribution in [0.1, 0.15) is 12.8 Å². The highest BCUT2D eigenvalue weighted by molar-refractivity contribution is 5.19. The summed E-state index contributed by atoms with van der Waals surface area (Å²) in [5.74, 6) is 0. The van der Waals surface area contributed by atoms with Gasteiger partial charge < -0.3 is 5.32 Å². The van der Waals surface area contributed by atoms with Gasteiger partial charge in [0, 0.05) is 12.0 Å². The SMILES string of the molecule is [CH]1CCC12C=CNC2. The fourth-order valence-electron chi connectivity index (χ4n) is 1.36. The second-order valence-electron chi connectivity index (χ2n) is 2.69. The first kappa shape index (κ1) is 4.42. The first-order valence-electron chi connectivity index (χ1n) is 3.17. The van der Waals surface area contributed by atoms with E-state index in [2.05, 4.69) is 24.0 Å². The van der Waals surface area contributed by atoms with Crippen LogP contribution in [0.25, 0.3) is 0 Å². The lowest BCUT2D eigenvalue weighted by Crippen LogP contribution is -2.32. The Morgan fingerprint density at radius 2 is 2.38 bits per heavy atom. The highest BCUT2D eigenvalue weighted by atomic mass is 14.9. The second kappa shape index (κ2) is 1.28. The van der Waals surface area contributed by atoms with Gasteiger partial charge >= 0.3 is 0 Å². The maximum absolute atomic E-state index is 3.20. The Kier molecular flexibility index (Phi) is 0.706. The Balaban J connectivity index is 2.13. The van der Waals surface area contributed by atoms with Gasteiger partial charge in [-0.1, -0.05) is 6.08 Å². The highest BCUT2D eigenvalue weighted by Crippen LogP contribution is 2.42. The molecule has 0 aromatic carbocycles. The van der Waals surface area contributed by atoms with E-state index in [-0.39, 0.29) is 0 Å². The Morgan fingerprint density at radius 1 is 1.50 bits per heavy atom. The minimum Gasteiger partial charge on any atom is -0.390 e. The molecule has 0 aromatic heterocycles. The Bertz CT molecular complexity index is 122. The summed E-state index contributed by atoms with van der Waals surface area (Å²) >= 11 is 0. The molecule has 1 saturated carbocycles. The molecule has 1 aliphatic carbocycles. The van der Waals surface area contributed by atoms with E-state index in [9.17, 15) is 0 Å². The Hall–Kier alpha value is -0.460. The van der Waals surface area contributed by atoms with Crippen molar-refractivity contribution < 1.29 is 0 Å². The molecule has 1 nitrogen and oxygen atoms in total. The van der Waals surface area contributed by atoms with Crippen molar-refractivity contribution in [1.29, 1.82) is 0 Å². The largest absolute Gasteiger partial charge is 0.390 e. The van der Waals surface area contributed by atoms with Crippen LogP contribution >= 0.6 is 0 Å². The summed E-state index contributed by atoms with van der Waals surface area (Å²) in [4.78, 5) is 0. The molecule has 1 atom stereocenters. The maximum atomic E-state index is 3.20. The molecule has 2 aliphatic rings. The van der Waals surface area contributed by atoms with Crippen LogP contribution in [-0.4, -0.2) is 6.54 Å². The van der Waals surface area contributed by atoms with Crippen LogP contribution in [0.3, 0.4) is 0 Å². The summed E-state index contributed by atoms with van der Waals surface area (Å²) in [6.45, 7) is 1.15. The van der Waals surface area contributed by atoms with Crippen molar-refractivity contribution in [3.05, 3.63) is 18.7 Å². The molecule has 0 saturated heterocycles. The lowest BCUT2D eigenvalue weighted by molar-refractivity contribution is 0.324. The predicted octanol–water partition coefficient (Wildman–Crippen LogP) is 1.09. The lowest BCUT2D eigenvalue weighted by Gasteiger charge is -2.35. The molecule has 1 aliphatic heterocycles. The number of nitrogens with one attached hydrogen (secondary N) is 1. The van der Waals surface area contributed by atoms with Gasteiger partial charge in [-0.3, -0.25) is 0 Å². The van der Waals surface area contributed by atoms with Crippen LogP contribution in [-0.2, 0) is 0 Å². The minimum absolute atomic E-state index is 0.500. The van der Waals surface area contributed by atoms with E-state index in [1.807, 2.05) is 0 Å². The lowest BCUT2D eigenvalue weighted by atomic mass is 9.70. The average Bonchev–Trinajstić information content (AvgIpc) is 2.07. The van der Waals surface area contributed by atoms with Crippen LogP contribution in [0.2, 0.25) is 0 Å². The van der Waals surface area contributed by atoms with Crippen LogP contribution in [0, 0.1) is 11.8 Å². The molecule has 2 rings (SSSR count). The van der Waals surface area contributed by atoms with Gasteiger partial charge in [-0.2, -0.15) is 0 Å². The summed E-state index contributed by atoms with van der Waals surface area (Å²) in [6.07, 6.45) is 9.40. The van der Waals surface area contributed by atoms with Gasteiger partial charge in [0.15, 0.2) is 0 Å². The summed E-state index contributed by atoms with van der Waals surface area (Å²) in [5, 5.41) is 3.20. The van der Waals surface area contributed by atoms with Crippen molar-refractivity contribution >= 4 is 0 Å². The van der Waals surface area contributed by atoms with Crippen molar-refractivity contribution in [1.82, 2.24) is 5.32 Å². The molecule has 0 amide bonds. The second-order valence-corrected chi connectivity index (χ2v) is 2.69. The van der Waals surface area contributed by atoms with Crippen molar-refractivity contribution in [2.24, 2.45) is 5.41 Å². The van der Waals surface area contributed by atoms with E-state index in [1.54, 1.807) is 0 Å². The fraction of sp³-hybridized carbons (Fsp3) is 0.571. The monoisotopic (exact) mass is 108 g/mol. The zero-order chi connectivity index (χ0) is 5.45. The van der Waals surface area contributed by atoms with Crippen LogP contribution < -0.4 is 5.32 Å². The van der Waals surface area contributed by atoms with Crippen molar-refractivity contribution in [2.75, 3.05) is 6.54 Å². The quantitative estimate of drug-likeness (QED) is 0.489.